The molecule has 2 fully saturated rings. The van der Waals surface area contributed by atoms with Gasteiger partial charge in [0.1, 0.15) is 0 Å². The second-order valence-corrected chi connectivity index (χ2v) is 3.21. The second kappa shape index (κ2) is 5.25. The monoisotopic (exact) mass is 214 g/mol. The maximum Gasteiger partial charge on any atom is 0.0575 e. The van der Waals surface area contributed by atoms with E-state index in [1.807, 2.05) is 0 Å². The van der Waals surface area contributed by atoms with Crippen molar-refractivity contribution in [2.45, 2.75) is 0 Å². The van der Waals surface area contributed by atoms with Gasteiger partial charge in [0.2, 0.25) is 0 Å². The molecule has 1 N–H and O–H groups in total. The Morgan fingerprint density at radius 2 is 1.67 bits per heavy atom. The van der Waals surface area contributed by atoms with Gasteiger partial charge in [-0.1, -0.05) is 0 Å². The van der Waals surface area contributed by atoms with Crippen molar-refractivity contribution in [1.29, 1.82) is 0 Å². The molecule has 2 aliphatic rings. The summed E-state index contributed by atoms with van der Waals surface area (Å²) in [5.41, 5.74) is 0. The summed E-state index contributed by atoms with van der Waals surface area (Å²) in [6, 6.07) is 0. The quantitative estimate of drug-likeness (QED) is 0.691. The Bertz CT molecular complexity index is 125. The summed E-state index contributed by atoms with van der Waals surface area (Å²) in [5.74, 6) is 1.69. The van der Waals surface area contributed by atoms with E-state index in [1.165, 1.54) is 13.1 Å². The number of halogens is 2. The largest absolute Gasteiger partial charge is 0.316 e. The topological polar surface area (TPSA) is 24.5 Å². The van der Waals surface area contributed by atoms with Gasteiger partial charge in [0.25, 0.3) is 0 Å². The third-order valence-electron chi connectivity index (χ3n) is 2.61. The zero-order chi connectivity index (χ0) is 6.97. The molecule has 0 aromatic carbocycles. The van der Waals surface area contributed by atoms with Gasteiger partial charge < -0.3 is 10.2 Å². The lowest BCUT2D eigenvalue weighted by Crippen LogP contribution is -2.24. The van der Waals surface area contributed by atoms with E-state index < -0.39 is 0 Å². The van der Waals surface area contributed by atoms with Gasteiger partial charge in [-0.15, -0.1) is 24.8 Å². The van der Waals surface area contributed by atoms with Crippen LogP contribution in [0.15, 0.2) is 0 Å². The summed E-state index contributed by atoms with van der Waals surface area (Å²) < 4.78 is 0. The standard InChI is InChI=1S/C7H14N2O.2ClH/c1-10-9-4-6-2-8-3-7(6)5-9;;/h6-8H,2-5H2,1H3;2*1H/t6-,7+;;. The first-order chi connectivity index (χ1) is 4.90. The Morgan fingerprint density at radius 3 is 2.08 bits per heavy atom. The van der Waals surface area contributed by atoms with E-state index in [2.05, 4.69) is 10.4 Å². The van der Waals surface area contributed by atoms with E-state index in [9.17, 15) is 0 Å². The molecular weight excluding hydrogens is 199 g/mol. The minimum absolute atomic E-state index is 0. The van der Waals surface area contributed by atoms with E-state index in [0.717, 1.165) is 24.9 Å². The van der Waals surface area contributed by atoms with Gasteiger partial charge in [-0.25, -0.2) is 0 Å². The number of rotatable bonds is 1. The van der Waals surface area contributed by atoms with Crippen molar-refractivity contribution in [2.24, 2.45) is 11.8 Å². The molecule has 0 unspecified atom stereocenters. The predicted octanol–water partition coefficient (Wildman–Crippen LogP) is 0.543. The van der Waals surface area contributed by atoms with Crippen LogP contribution >= 0.6 is 24.8 Å². The zero-order valence-electron chi connectivity index (χ0n) is 7.16. The highest BCUT2D eigenvalue weighted by Crippen LogP contribution is 2.25. The van der Waals surface area contributed by atoms with Crippen LogP contribution in [-0.2, 0) is 4.84 Å². The van der Waals surface area contributed by atoms with E-state index in [-0.39, 0.29) is 24.8 Å². The highest BCUT2D eigenvalue weighted by molar-refractivity contribution is 5.85. The molecule has 2 atom stereocenters. The molecule has 2 rings (SSSR count). The molecule has 0 aromatic heterocycles. The molecule has 0 bridgehead atoms. The Kier molecular flexibility index (Phi) is 5.45. The first kappa shape index (κ1) is 12.5. The lowest BCUT2D eigenvalue weighted by molar-refractivity contribution is -0.117. The molecule has 0 amide bonds. The normalized spacial score (nSPS) is 33.8. The van der Waals surface area contributed by atoms with Crippen LogP contribution in [-0.4, -0.2) is 38.4 Å². The van der Waals surface area contributed by atoms with Crippen LogP contribution < -0.4 is 5.32 Å². The zero-order valence-corrected chi connectivity index (χ0v) is 8.79. The van der Waals surface area contributed by atoms with Gasteiger partial charge >= 0.3 is 0 Å². The first-order valence-corrected chi connectivity index (χ1v) is 3.90. The van der Waals surface area contributed by atoms with Crippen molar-refractivity contribution >= 4 is 24.8 Å². The predicted molar refractivity (Wildman–Crippen MR) is 52.9 cm³/mol. The fourth-order valence-electron chi connectivity index (χ4n) is 1.96. The number of fused-ring (bicyclic) bond motifs is 1. The summed E-state index contributed by atoms with van der Waals surface area (Å²) in [6.45, 7) is 4.61. The maximum atomic E-state index is 5.15. The van der Waals surface area contributed by atoms with Crippen molar-refractivity contribution in [1.82, 2.24) is 10.4 Å². The lowest BCUT2D eigenvalue weighted by Gasteiger charge is -2.12. The van der Waals surface area contributed by atoms with Gasteiger partial charge in [-0.3, -0.25) is 0 Å². The molecule has 0 aromatic rings. The average molecular weight is 215 g/mol. The summed E-state index contributed by atoms with van der Waals surface area (Å²) in [5, 5.41) is 5.45. The van der Waals surface area contributed by atoms with Crippen LogP contribution in [0, 0.1) is 11.8 Å². The van der Waals surface area contributed by atoms with Crippen molar-refractivity contribution in [3.63, 3.8) is 0 Å². The summed E-state index contributed by atoms with van der Waals surface area (Å²) in [6.07, 6.45) is 0. The molecule has 0 spiro atoms. The van der Waals surface area contributed by atoms with Gasteiger partial charge in [0.05, 0.1) is 7.11 Å². The van der Waals surface area contributed by atoms with Crippen LogP contribution in [0.4, 0.5) is 0 Å². The molecule has 3 nitrogen and oxygen atoms in total. The molecule has 2 aliphatic heterocycles. The smallest absolute Gasteiger partial charge is 0.0575 e. The van der Waals surface area contributed by atoms with E-state index in [0.29, 0.717) is 0 Å². The SMILES string of the molecule is CON1C[C@H]2CNC[C@H]2C1.Cl.Cl. The molecule has 5 heteroatoms. The van der Waals surface area contributed by atoms with Crippen molar-refractivity contribution in [3.8, 4) is 0 Å². The Morgan fingerprint density at radius 1 is 1.17 bits per heavy atom. The summed E-state index contributed by atoms with van der Waals surface area (Å²) in [7, 11) is 1.76. The van der Waals surface area contributed by atoms with Crippen LogP contribution in [0.25, 0.3) is 0 Å². The highest BCUT2D eigenvalue weighted by atomic mass is 35.5. The van der Waals surface area contributed by atoms with Crippen molar-refractivity contribution in [3.05, 3.63) is 0 Å². The Hall–Kier alpha value is 0.460. The molecular formula is C7H16Cl2N2O. The fraction of sp³-hybridized carbons (Fsp3) is 1.00. The van der Waals surface area contributed by atoms with Gasteiger partial charge in [-0.2, -0.15) is 5.06 Å². The minimum Gasteiger partial charge on any atom is -0.316 e. The van der Waals surface area contributed by atoms with E-state index in [1.54, 1.807) is 7.11 Å². The molecule has 2 heterocycles. The van der Waals surface area contributed by atoms with Crippen LogP contribution in [0.2, 0.25) is 0 Å². The lowest BCUT2D eigenvalue weighted by atomic mass is 10.0. The highest BCUT2D eigenvalue weighted by Gasteiger charge is 2.36. The summed E-state index contributed by atoms with van der Waals surface area (Å²) in [4.78, 5) is 5.15. The number of hydroxylamine groups is 2. The fourth-order valence-corrected chi connectivity index (χ4v) is 1.96. The third kappa shape index (κ3) is 2.24. The minimum atomic E-state index is 0. The van der Waals surface area contributed by atoms with Crippen molar-refractivity contribution in [2.75, 3.05) is 33.3 Å². The van der Waals surface area contributed by atoms with Crippen molar-refractivity contribution < 1.29 is 4.84 Å². The third-order valence-corrected chi connectivity index (χ3v) is 2.61. The molecule has 2 saturated heterocycles. The second-order valence-electron chi connectivity index (χ2n) is 3.21. The molecule has 74 valence electrons. The molecule has 0 radical (unpaired) electrons. The number of nitrogens with zero attached hydrogens (tertiary/aromatic N) is 1. The van der Waals surface area contributed by atoms with Gasteiger partial charge in [0, 0.05) is 13.1 Å². The Balaban J connectivity index is 0.000000605. The average Bonchev–Trinajstić information content (AvgIpc) is 2.42. The molecule has 12 heavy (non-hydrogen) atoms. The maximum absolute atomic E-state index is 5.15. The summed E-state index contributed by atoms with van der Waals surface area (Å²) >= 11 is 0. The van der Waals surface area contributed by atoms with Crippen LogP contribution in [0.3, 0.4) is 0 Å². The van der Waals surface area contributed by atoms with Crippen LogP contribution in [0.5, 0.6) is 0 Å². The Labute approximate surface area is 85.6 Å². The van der Waals surface area contributed by atoms with E-state index in [4.69, 9.17) is 4.84 Å². The van der Waals surface area contributed by atoms with Crippen LogP contribution in [0.1, 0.15) is 0 Å². The number of nitrogens with one attached hydrogen (secondary N) is 1. The molecule has 0 aliphatic carbocycles. The first-order valence-electron chi connectivity index (χ1n) is 3.90. The molecule has 0 saturated carbocycles. The number of hydrogen-bond acceptors (Lipinski definition) is 3. The number of hydrogen-bond donors (Lipinski definition) is 1. The van der Waals surface area contributed by atoms with E-state index >= 15 is 0 Å². The van der Waals surface area contributed by atoms with Gasteiger partial charge in [0.15, 0.2) is 0 Å². The van der Waals surface area contributed by atoms with Gasteiger partial charge in [-0.05, 0) is 24.9 Å².